The molecule has 2 aromatic rings. The Morgan fingerprint density at radius 1 is 1.16 bits per heavy atom. The summed E-state index contributed by atoms with van der Waals surface area (Å²) in [7, 11) is 1.75. The van der Waals surface area contributed by atoms with E-state index in [1.165, 1.54) is 0 Å². The van der Waals surface area contributed by atoms with Gasteiger partial charge in [0.05, 0.1) is 16.9 Å². The number of rotatable bonds is 4. The van der Waals surface area contributed by atoms with Gasteiger partial charge in [-0.25, -0.2) is 0 Å². The van der Waals surface area contributed by atoms with Crippen molar-refractivity contribution in [3.05, 3.63) is 47.3 Å². The van der Waals surface area contributed by atoms with E-state index >= 15 is 0 Å². The lowest BCUT2D eigenvalue weighted by molar-refractivity contribution is 0.0952. The summed E-state index contributed by atoms with van der Waals surface area (Å²) in [5.74, 6) is -0.434. The van der Waals surface area contributed by atoms with Gasteiger partial charge in [-0.05, 0) is 31.0 Å². The van der Waals surface area contributed by atoms with Crippen LogP contribution in [0.15, 0.2) is 30.3 Å². The van der Waals surface area contributed by atoms with Gasteiger partial charge < -0.3 is 10.6 Å². The molecule has 0 aliphatic heterocycles. The predicted octanol–water partition coefficient (Wildman–Crippen LogP) is 2.86. The first-order chi connectivity index (χ1) is 11.8. The van der Waals surface area contributed by atoms with E-state index < -0.39 is 0 Å². The molecule has 2 amide bonds. The van der Waals surface area contributed by atoms with Crippen LogP contribution in [0.3, 0.4) is 0 Å². The van der Waals surface area contributed by atoms with Crippen molar-refractivity contribution >= 4 is 17.5 Å². The number of para-hydroxylation sites is 1. The highest BCUT2D eigenvalue weighted by Gasteiger charge is 2.26. The number of aromatic nitrogens is 2. The van der Waals surface area contributed by atoms with Crippen LogP contribution in [0.25, 0.3) is 0 Å². The van der Waals surface area contributed by atoms with Crippen molar-refractivity contribution in [3.63, 3.8) is 0 Å². The monoisotopic (exact) mass is 340 g/mol. The maximum absolute atomic E-state index is 12.7. The van der Waals surface area contributed by atoms with Gasteiger partial charge in [-0.15, -0.1) is 0 Å². The number of amides is 2. The molecular weight excluding hydrogens is 316 g/mol. The van der Waals surface area contributed by atoms with E-state index in [2.05, 4.69) is 36.5 Å². The minimum atomic E-state index is -0.280. The lowest BCUT2D eigenvalue weighted by atomic mass is 9.92. The molecule has 0 saturated heterocycles. The average Bonchev–Trinajstić information content (AvgIpc) is 3.25. The Morgan fingerprint density at radius 3 is 2.44 bits per heavy atom. The van der Waals surface area contributed by atoms with Gasteiger partial charge in [0.15, 0.2) is 0 Å². The molecule has 0 bridgehead atoms. The van der Waals surface area contributed by atoms with Crippen LogP contribution in [-0.4, -0.2) is 27.6 Å². The minimum Gasteiger partial charge on any atom is -0.349 e. The summed E-state index contributed by atoms with van der Waals surface area (Å²) in [6.45, 7) is 6.15. The van der Waals surface area contributed by atoms with Crippen molar-refractivity contribution in [2.24, 2.45) is 7.05 Å². The van der Waals surface area contributed by atoms with Crippen LogP contribution < -0.4 is 10.6 Å². The quantitative estimate of drug-likeness (QED) is 0.898. The lowest BCUT2D eigenvalue weighted by Gasteiger charge is -2.13. The second-order valence-electron chi connectivity index (χ2n) is 7.54. The van der Waals surface area contributed by atoms with E-state index in [0.29, 0.717) is 16.9 Å². The molecule has 1 fully saturated rings. The maximum Gasteiger partial charge on any atom is 0.273 e. The molecule has 2 N–H and O–H groups in total. The molecule has 0 atom stereocenters. The number of hydrogen-bond acceptors (Lipinski definition) is 3. The third-order valence-corrected chi connectivity index (χ3v) is 4.21. The Kier molecular flexibility index (Phi) is 4.37. The van der Waals surface area contributed by atoms with Gasteiger partial charge in [0.2, 0.25) is 0 Å². The molecule has 0 spiro atoms. The van der Waals surface area contributed by atoms with E-state index in [9.17, 15) is 9.59 Å². The second kappa shape index (κ2) is 6.35. The number of hydrogen-bond donors (Lipinski definition) is 2. The highest BCUT2D eigenvalue weighted by Crippen LogP contribution is 2.24. The highest BCUT2D eigenvalue weighted by atomic mass is 16.2. The maximum atomic E-state index is 12.7. The molecular formula is C19H24N4O2. The number of anilines is 1. The summed E-state index contributed by atoms with van der Waals surface area (Å²) >= 11 is 0. The highest BCUT2D eigenvalue weighted by molar-refractivity contribution is 6.08. The first-order valence-electron chi connectivity index (χ1n) is 8.51. The molecule has 0 radical (unpaired) electrons. The molecule has 1 aliphatic carbocycles. The van der Waals surface area contributed by atoms with Crippen molar-refractivity contribution in [2.45, 2.75) is 45.1 Å². The lowest BCUT2D eigenvalue weighted by Crippen LogP contribution is -2.27. The first kappa shape index (κ1) is 17.2. The Hall–Kier alpha value is -2.63. The Morgan fingerprint density at radius 2 is 1.84 bits per heavy atom. The molecule has 3 rings (SSSR count). The minimum absolute atomic E-state index is 0.141. The Labute approximate surface area is 147 Å². The number of carbonyl (C=O) groups excluding carboxylic acids is 2. The zero-order chi connectivity index (χ0) is 18.2. The van der Waals surface area contributed by atoms with Gasteiger partial charge in [0.1, 0.15) is 5.69 Å². The summed E-state index contributed by atoms with van der Waals surface area (Å²) in [5, 5.41) is 10.2. The largest absolute Gasteiger partial charge is 0.349 e. The molecule has 1 aromatic heterocycles. The molecule has 1 aromatic carbocycles. The third-order valence-electron chi connectivity index (χ3n) is 4.21. The van der Waals surface area contributed by atoms with E-state index in [1.54, 1.807) is 42.1 Å². The molecule has 6 heteroatoms. The smallest absolute Gasteiger partial charge is 0.273 e. The Balaban J connectivity index is 1.82. The zero-order valence-electron chi connectivity index (χ0n) is 15.1. The fourth-order valence-corrected chi connectivity index (χ4v) is 2.51. The van der Waals surface area contributed by atoms with Crippen LogP contribution >= 0.6 is 0 Å². The van der Waals surface area contributed by atoms with Crippen molar-refractivity contribution in [3.8, 4) is 0 Å². The van der Waals surface area contributed by atoms with Gasteiger partial charge in [-0.2, -0.15) is 5.10 Å². The zero-order valence-corrected chi connectivity index (χ0v) is 15.1. The molecule has 25 heavy (non-hydrogen) atoms. The van der Waals surface area contributed by atoms with Crippen LogP contribution in [-0.2, 0) is 12.5 Å². The van der Waals surface area contributed by atoms with Crippen LogP contribution in [0.4, 0.5) is 5.69 Å². The normalized spacial score (nSPS) is 14.2. The van der Waals surface area contributed by atoms with Gasteiger partial charge >= 0.3 is 0 Å². The number of carbonyl (C=O) groups is 2. The topological polar surface area (TPSA) is 76.0 Å². The summed E-state index contributed by atoms with van der Waals surface area (Å²) in [4.78, 5) is 25.0. The van der Waals surface area contributed by atoms with Gasteiger partial charge in [-0.1, -0.05) is 32.9 Å². The first-order valence-corrected chi connectivity index (χ1v) is 8.51. The third kappa shape index (κ3) is 3.90. The van der Waals surface area contributed by atoms with Crippen molar-refractivity contribution in [2.75, 3.05) is 5.32 Å². The van der Waals surface area contributed by atoms with Gasteiger partial charge in [-0.3, -0.25) is 14.3 Å². The molecule has 1 heterocycles. The van der Waals surface area contributed by atoms with Gasteiger partial charge in [0, 0.05) is 18.5 Å². The van der Waals surface area contributed by atoms with E-state index in [4.69, 9.17) is 0 Å². The molecule has 1 aliphatic rings. The molecule has 0 unspecified atom stereocenters. The van der Waals surface area contributed by atoms with E-state index in [0.717, 1.165) is 18.5 Å². The summed E-state index contributed by atoms with van der Waals surface area (Å²) in [5.41, 5.74) is 2.14. The number of aryl methyl sites for hydroxylation is 1. The second-order valence-corrected chi connectivity index (χ2v) is 7.54. The van der Waals surface area contributed by atoms with Crippen molar-refractivity contribution in [1.29, 1.82) is 0 Å². The standard InChI is InChI=1S/C19H24N4O2/c1-19(2,3)16-11-15(23(4)22-16)18(25)21-14-8-6-5-7-13(14)17(24)20-12-9-10-12/h5-8,11-12H,9-10H2,1-4H3,(H,20,24)(H,21,25). The van der Waals surface area contributed by atoms with E-state index in [-0.39, 0.29) is 23.3 Å². The number of benzene rings is 1. The Bertz CT molecular complexity index is 813. The summed E-state index contributed by atoms with van der Waals surface area (Å²) < 4.78 is 1.57. The number of nitrogens with one attached hydrogen (secondary N) is 2. The fourth-order valence-electron chi connectivity index (χ4n) is 2.51. The predicted molar refractivity (Wildman–Crippen MR) is 96.8 cm³/mol. The van der Waals surface area contributed by atoms with Crippen molar-refractivity contribution in [1.82, 2.24) is 15.1 Å². The SMILES string of the molecule is Cn1nc(C(C)(C)C)cc1C(=O)Nc1ccccc1C(=O)NC1CC1. The van der Waals surface area contributed by atoms with Crippen LogP contribution in [0.5, 0.6) is 0 Å². The molecule has 6 nitrogen and oxygen atoms in total. The summed E-state index contributed by atoms with van der Waals surface area (Å²) in [6, 6.07) is 9.11. The molecule has 1 saturated carbocycles. The van der Waals surface area contributed by atoms with Crippen LogP contribution in [0.2, 0.25) is 0 Å². The number of nitrogens with zero attached hydrogens (tertiary/aromatic N) is 2. The van der Waals surface area contributed by atoms with Gasteiger partial charge in [0.25, 0.3) is 11.8 Å². The van der Waals surface area contributed by atoms with Crippen LogP contribution in [0, 0.1) is 0 Å². The van der Waals surface area contributed by atoms with Crippen LogP contribution in [0.1, 0.15) is 60.2 Å². The fraction of sp³-hybridized carbons (Fsp3) is 0.421. The van der Waals surface area contributed by atoms with E-state index in [1.807, 2.05) is 0 Å². The molecule has 132 valence electrons. The summed E-state index contributed by atoms with van der Waals surface area (Å²) in [6.07, 6.45) is 2.04. The van der Waals surface area contributed by atoms with Crippen molar-refractivity contribution < 1.29 is 9.59 Å². The average molecular weight is 340 g/mol.